The summed E-state index contributed by atoms with van der Waals surface area (Å²) < 4.78 is 28.4. The molecule has 7 heteroatoms. The smallest absolute Gasteiger partial charge is 0.305 e. The van der Waals surface area contributed by atoms with Crippen molar-refractivity contribution in [2.45, 2.75) is 12.8 Å². The van der Waals surface area contributed by atoms with Gasteiger partial charge in [-0.3, -0.25) is 9.69 Å². The first-order valence-corrected chi connectivity index (χ1v) is 9.02. The zero-order valence-electron chi connectivity index (χ0n) is 9.73. The third-order valence-corrected chi connectivity index (χ3v) is 4.99. The largest absolute Gasteiger partial charge is 0.464 e. The number of esters is 1. The molecule has 0 aromatic rings. The fourth-order valence-corrected chi connectivity index (χ4v) is 3.20. The highest BCUT2D eigenvalue weighted by molar-refractivity contribution is 14.1. The Labute approximate surface area is 116 Å². The van der Waals surface area contributed by atoms with E-state index in [1.54, 1.807) is 0 Å². The van der Waals surface area contributed by atoms with E-state index in [4.69, 9.17) is 4.74 Å². The highest BCUT2D eigenvalue weighted by atomic mass is 127. The van der Waals surface area contributed by atoms with Crippen molar-refractivity contribution in [3.8, 4) is 0 Å². The van der Waals surface area contributed by atoms with Crippen LogP contribution in [0.3, 0.4) is 0 Å². The van der Waals surface area contributed by atoms with Crippen LogP contribution in [-0.4, -0.2) is 61.5 Å². The summed E-state index contributed by atoms with van der Waals surface area (Å²) >= 11 is 2.22. The first-order valence-electron chi connectivity index (χ1n) is 5.68. The summed E-state index contributed by atoms with van der Waals surface area (Å²) in [6.45, 7) is 2.09. The lowest BCUT2D eigenvalue weighted by atomic mass is 10.3. The highest BCUT2D eigenvalue weighted by Crippen LogP contribution is 2.03. The molecule has 0 saturated carbocycles. The van der Waals surface area contributed by atoms with Crippen LogP contribution in [0, 0.1) is 0 Å². The average molecular weight is 375 g/mol. The Bertz CT molecular complexity index is 330. The number of hydrogen-bond acceptors (Lipinski definition) is 5. The summed E-state index contributed by atoms with van der Waals surface area (Å²) in [6, 6.07) is 0. The van der Waals surface area contributed by atoms with Gasteiger partial charge in [-0.05, 0) is 6.42 Å². The normalized spacial score (nSPS) is 20.1. The Balaban J connectivity index is 2.10. The molecule has 1 heterocycles. The first kappa shape index (κ1) is 15.2. The molecule has 0 aliphatic carbocycles. The lowest BCUT2D eigenvalue weighted by molar-refractivity contribution is -0.144. The Morgan fingerprint density at radius 3 is 2.53 bits per heavy atom. The van der Waals surface area contributed by atoms with Crippen LogP contribution in [0.25, 0.3) is 0 Å². The Kier molecular flexibility index (Phi) is 6.71. The van der Waals surface area contributed by atoms with Gasteiger partial charge < -0.3 is 4.74 Å². The molecule has 1 aliphatic heterocycles. The van der Waals surface area contributed by atoms with Gasteiger partial charge in [0.05, 0.1) is 11.5 Å². The van der Waals surface area contributed by atoms with E-state index >= 15 is 0 Å². The van der Waals surface area contributed by atoms with Gasteiger partial charge in [-0.15, -0.1) is 0 Å². The molecule has 0 atom stereocenters. The lowest BCUT2D eigenvalue weighted by Crippen LogP contribution is -2.41. The fraction of sp³-hybridized carbons (Fsp3) is 0.900. The maximum atomic E-state index is 11.2. The van der Waals surface area contributed by atoms with Gasteiger partial charge in [-0.2, -0.15) is 0 Å². The lowest BCUT2D eigenvalue weighted by Gasteiger charge is -2.25. The molecule has 0 aromatic heterocycles. The zero-order chi connectivity index (χ0) is 12.7. The molecule has 5 nitrogen and oxygen atoms in total. The number of alkyl halides is 1. The van der Waals surface area contributed by atoms with Crippen LogP contribution in [-0.2, 0) is 19.4 Å². The van der Waals surface area contributed by atoms with Crippen molar-refractivity contribution in [3.63, 3.8) is 0 Å². The second-order valence-electron chi connectivity index (χ2n) is 4.01. The highest BCUT2D eigenvalue weighted by Gasteiger charge is 2.21. The van der Waals surface area contributed by atoms with Crippen molar-refractivity contribution in [3.05, 3.63) is 0 Å². The molecule has 17 heavy (non-hydrogen) atoms. The topological polar surface area (TPSA) is 63.7 Å². The van der Waals surface area contributed by atoms with Gasteiger partial charge in [0.25, 0.3) is 0 Å². The number of halogens is 1. The summed E-state index contributed by atoms with van der Waals surface area (Å²) in [4.78, 5) is 13.2. The van der Waals surface area contributed by atoms with Crippen LogP contribution < -0.4 is 0 Å². The summed E-state index contributed by atoms with van der Waals surface area (Å²) in [5.41, 5.74) is 0. The van der Waals surface area contributed by atoms with Gasteiger partial charge in [0.1, 0.15) is 6.61 Å². The van der Waals surface area contributed by atoms with Crippen molar-refractivity contribution in [2.24, 2.45) is 0 Å². The van der Waals surface area contributed by atoms with E-state index in [0.29, 0.717) is 32.7 Å². The van der Waals surface area contributed by atoms with Crippen LogP contribution in [0.15, 0.2) is 0 Å². The molecular weight excluding hydrogens is 357 g/mol. The van der Waals surface area contributed by atoms with Crippen LogP contribution in [0.4, 0.5) is 0 Å². The van der Waals surface area contributed by atoms with Gasteiger partial charge in [-0.25, -0.2) is 8.42 Å². The maximum Gasteiger partial charge on any atom is 0.305 e. The third-order valence-electron chi connectivity index (χ3n) is 2.62. The standard InChI is InChI=1S/C10H18INO4S/c11-3-1-2-10(13)16-7-4-12-5-8-17(14,15)9-6-12/h1-9H2. The molecule has 0 unspecified atom stereocenters. The number of ether oxygens (including phenoxy) is 1. The van der Waals surface area contributed by atoms with E-state index in [1.807, 2.05) is 4.90 Å². The summed E-state index contributed by atoms with van der Waals surface area (Å²) in [7, 11) is -2.82. The van der Waals surface area contributed by atoms with E-state index in [-0.39, 0.29) is 17.5 Å². The summed E-state index contributed by atoms with van der Waals surface area (Å²) in [5.74, 6) is 0.275. The third kappa shape index (κ3) is 6.56. The van der Waals surface area contributed by atoms with Crippen molar-refractivity contribution in [1.82, 2.24) is 4.90 Å². The molecule has 0 radical (unpaired) electrons. The monoisotopic (exact) mass is 375 g/mol. The minimum absolute atomic E-state index is 0.161. The first-order chi connectivity index (χ1) is 8.03. The summed E-state index contributed by atoms with van der Waals surface area (Å²) in [5, 5.41) is 0. The number of sulfone groups is 1. The maximum absolute atomic E-state index is 11.2. The van der Waals surface area contributed by atoms with Crippen LogP contribution in [0.1, 0.15) is 12.8 Å². The Morgan fingerprint density at radius 1 is 1.29 bits per heavy atom. The molecular formula is C10H18INO4S. The number of carbonyl (C=O) groups excluding carboxylic acids is 1. The molecule has 1 fully saturated rings. The van der Waals surface area contributed by atoms with E-state index in [2.05, 4.69) is 22.6 Å². The number of hydrogen-bond donors (Lipinski definition) is 0. The van der Waals surface area contributed by atoms with Gasteiger partial charge in [0, 0.05) is 30.5 Å². The molecule has 0 spiro atoms. The van der Waals surface area contributed by atoms with E-state index in [9.17, 15) is 13.2 Å². The molecule has 1 saturated heterocycles. The fourth-order valence-electron chi connectivity index (χ4n) is 1.55. The van der Waals surface area contributed by atoms with Gasteiger partial charge in [0.2, 0.25) is 0 Å². The number of rotatable bonds is 6. The minimum atomic E-state index is -2.82. The second-order valence-corrected chi connectivity index (χ2v) is 7.39. The van der Waals surface area contributed by atoms with Crippen molar-refractivity contribution >= 4 is 38.4 Å². The van der Waals surface area contributed by atoms with Crippen LogP contribution in [0.5, 0.6) is 0 Å². The van der Waals surface area contributed by atoms with Crippen LogP contribution >= 0.6 is 22.6 Å². The predicted molar refractivity (Wildman–Crippen MR) is 74.2 cm³/mol. The molecule has 100 valence electrons. The molecule has 0 aromatic carbocycles. The van der Waals surface area contributed by atoms with Gasteiger partial charge in [0.15, 0.2) is 9.84 Å². The molecule has 1 aliphatic rings. The summed E-state index contributed by atoms with van der Waals surface area (Å²) in [6.07, 6.45) is 1.32. The zero-order valence-corrected chi connectivity index (χ0v) is 12.7. The van der Waals surface area contributed by atoms with Crippen molar-refractivity contribution in [2.75, 3.05) is 42.2 Å². The van der Waals surface area contributed by atoms with E-state index in [1.165, 1.54) is 0 Å². The molecule has 0 bridgehead atoms. The predicted octanol–water partition coefficient (Wildman–Crippen LogP) is 0.475. The number of nitrogens with zero attached hydrogens (tertiary/aromatic N) is 1. The minimum Gasteiger partial charge on any atom is -0.464 e. The Morgan fingerprint density at radius 2 is 1.94 bits per heavy atom. The van der Waals surface area contributed by atoms with Crippen molar-refractivity contribution < 1.29 is 17.9 Å². The molecule has 0 N–H and O–H groups in total. The molecule has 1 rings (SSSR count). The van der Waals surface area contributed by atoms with Gasteiger partial charge >= 0.3 is 5.97 Å². The molecule has 0 amide bonds. The van der Waals surface area contributed by atoms with Crippen molar-refractivity contribution in [1.29, 1.82) is 0 Å². The van der Waals surface area contributed by atoms with Gasteiger partial charge in [-0.1, -0.05) is 22.6 Å². The van der Waals surface area contributed by atoms with E-state index in [0.717, 1.165) is 10.8 Å². The SMILES string of the molecule is O=C(CCCI)OCCN1CCS(=O)(=O)CC1. The Hall–Kier alpha value is 0.110. The second kappa shape index (κ2) is 7.52. The quantitative estimate of drug-likeness (QED) is 0.384. The van der Waals surface area contributed by atoms with Crippen LogP contribution in [0.2, 0.25) is 0 Å². The number of carbonyl (C=O) groups is 1. The van der Waals surface area contributed by atoms with E-state index < -0.39 is 9.84 Å². The average Bonchev–Trinajstić information content (AvgIpc) is 2.29.